The van der Waals surface area contributed by atoms with Crippen molar-refractivity contribution in [3.8, 4) is 0 Å². The predicted octanol–water partition coefficient (Wildman–Crippen LogP) is 6.59. The molecule has 0 fully saturated rings. The zero-order valence-electron chi connectivity index (χ0n) is 13.6. The molecule has 1 unspecified atom stereocenters. The van der Waals surface area contributed by atoms with Gasteiger partial charge in [-0.25, -0.2) is 0 Å². The molecule has 1 atom stereocenters. The minimum absolute atomic E-state index is 0.239. The second-order valence-corrected chi connectivity index (χ2v) is 8.00. The van der Waals surface area contributed by atoms with Crippen molar-refractivity contribution < 1.29 is 0 Å². The lowest BCUT2D eigenvalue weighted by Gasteiger charge is -2.31. The molecule has 3 rings (SSSR count). The first-order chi connectivity index (χ1) is 10.5. The summed E-state index contributed by atoms with van der Waals surface area (Å²) in [6, 6.07) is 8.94. The zero-order valence-corrected chi connectivity index (χ0v) is 15.7. The molecule has 0 heterocycles. The van der Waals surface area contributed by atoms with Gasteiger partial charge < -0.3 is 0 Å². The summed E-state index contributed by atoms with van der Waals surface area (Å²) in [4.78, 5) is 0. The van der Waals surface area contributed by atoms with E-state index in [0.717, 1.165) is 6.42 Å². The first-order valence-electron chi connectivity index (χ1n) is 8.02. The number of hydrogen-bond acceptors (Lipinski definition) is 0. The van der Waals surface area contributed by atoms with Crippen LogP contribution in [0.2, 0.25) is 0 Å². The van der Waals surface area contributed by atoms with Crippen LogP contribution in [-0.2, 0) is 5.41 Å². The molecule has 22 heavy (non-hydrogen) atoms. The number of hydrogen-bond donors (Lipinski definition) is 0. The van der Waals surface area contributed by atoms with Gasteiger partial charge in [0.1, 0.15) is 0 Å². The van der Waals surface area contributed by atoms with Gasteiger partial charge in [-0.1, -0.05) is 74.1 Å². The van der Waals surface area contributed by atoms with Crippen molar-refractivity contribution >= 4 is 28.2 Å². The van der Waals surface area contributed by atoms with Crippen molar-refractivity contribution in [2.45, 2.75) is 39.0 Å². The minimum Gasteiger partial charge on any atom is -0.0794 e. The molecule has 1 heteroatoms. The van der Waals surface area contributed by atoms with E-state index in [2.05, 4.69) is 98.0 Å². The average Bonchev–Trinajstić information content (AvgIpc) is 2.76. The predicted molar refractivity (Wildman–Crippen MR) is 105 cm³/mol. The van der Waals surface area contributed by atoms with Gasteiger partial charge >= 0.3 is 0 Å². The molecular formula is C21H23I. The Bertz CT molecular complexity index is 698. The van der Waals surface area contributed by atoms with E-state index in [4.69, 9.17) is 0 Å². The Balaban J connectivity index is 1.86. The number of benzene rings is 1. The largest absolute Gasteiger partial charge is 0.0794 e. The van der Waals surface area contributed by atoms with Crippen LogP contribution in [0, 0.1) is 5.92 Å². The van der Waals surface area contributed by atoms with Crippen LogP contribution in [0.15, 0.2) is 63.8 Å². The third kappa shape index (κ3) is 2.76. The molecule has 0 aromatic heterocycles. The van der Waals surface area contributed by atoms with Crippen LogP contribution in [0.5, 0.6) is 0 Å². The maximum absolute atomic E-state index is 2.40. The van der Waals surface area contributed by atoms with E-state index in [1.165, 1.54) is 26.7 Å². The smallest absolute Gasteiger partial charge is 0.00841 e. The van der Waals surface area contributed by atoms with Crippen LogP contribution in [0.25, 0.3) is 5.57 Å². The molecule has 0 nitrogen and oxygen atoms in total. The molecule has 2 aliphatic rings. The van der Waals surface area contributed by atoms with Gasteiger partial charge in [0.05, 0.1) is 0 Å². The zero-order chi connectivity index (χ0) is 15.7. The molecule has 0 saturated carbocycles. The molecular weight excluding hydrogens is 379 g/mol. The van der Waals surface area contributed by atoms with Gasteiger partial charge in [-0.3, -0.25) is 0 Å². The molecule has 0 bridgehead atoms. The Morgan fingerprint density at radius 1 is 1.27 bits per heavy atom. The number of rotatable bonds is 3. The molecule has 0 saturated heterocycles. The van der Waals surface area contributed by atoms with Gasteiger partial charge in [-0.05, 0) is 70.4 Å². The van der Waals surface area contributed by atoms with E-state index in [9.17, 15) is 0 Å². The Morgan fingerprint density at radius 3 is 2.82 bits per heavy atom. The number of allylic oxidation sites excluding steroid dienone is 8. The third-order valence-electron chi connectivity index (χ3n) is 5.08. The molecule has 0 spiro atoms. The summed E-state index contributed by atoms with van der Waals surface area (Å²) in [7, 11) is 0. The third-order valence-corrected chi connectivity index (χ3v) is 6.06. The van der Waals surface area contributed by atoms with E-state index < -0.39 is 0 Å². The summed E-state index contributed by atoms with van der Waals surface area (Å²) in [5.41, 5.74) is 6.30. The standard InChI is InChI=1S/C21H23I/c1-4-16(22)9-7-8-15-12-13-18-17-10-5-6-11-19(17)21(2,3)20(18)14-15/h4-7,9-13,20H,8,14H2,1-3H3/b9-7-,16-4+. The van der Waals surface area contributed by atoms with Crippen LogP contribution >= 0.6 is 22.6 Å². The summed E-state index contributed by atoms with van der Waals surface area (Å²) in [5.74, 6) is 0.624. The number of fused-ring (bicyclic) bond motifs is 3. The van der Waals surface area contributed by atoms with Crippen LogP contribution in [0.3, 0.4) is 0 Å². The molecule has 2 aliphatic carbocycles. The maximum Gasteiger partial charge on any atom is 0.00841 e. The van der Waals surface area contributed by atoms with Gasteiger partial charge in [0.25, 0.3) is 0 Å². The lowest BCUT2D eigenvalue weighted by atomic mass is 9.72. The van der Waals surface area contributed by atoms with Crippen LogP contribution in [-0.4, -0.2) is 0 Å². The van der Waals surface area contributed by atoms with Gasteiger partial charge in [0, 0.05) is 3.58 Å². The number of halogens is 1. The van der Waals surface area contributed by atoms with Crippen LogP contribution in [0.1, 0.15) is 44.7 Å². The lowest BCUT2D eigenvalue weighted by molar-refractivity contribution is 0.406. The summed E-state index contributed by atoms with van der Waals surface area (Å²) in [5, 5.41) is 0. The SMILES string of the molecule is C/C=C(I)\C=C/CC1=CC=C2c3ccccc3C(C)(C)C2C1. The molecule has 0 amide bonds. The second-order valence-electron chi connectivity index (χ2n) is 6.75. The highest BCUT2D eigenvalue weighted by Crippen LogP contribution is 2.53. The van der Waals surface area contributed by atoms with Crippen LogP contribution < -0.4 is 0 Å². The van der Waals surface area contributed by atoms with Crippen molar-refractivity contribution in [2.24, 2.45) is 5.92 Å². The highest BCUT2D eigenvalue weighted by molar-refractivity contribution is 14.1. The van der Waals surface area contributed by atoms with Crippen LogP contribution in [0.4, 0.5) is 0 Å². The van der Waals surface area contributed by atoms with Crippen molar-refractivity contribution in [1.82, 2.24) is 0 Å². The molecule has 1 aromatic rings. The van der Waals surface area contributed by atoms with Gasteiger partial charge in [0.15, 0.2) is 0 Å². The molecule has 1 aromatic carbocycles. The van der Waals surface area contributed by atoms with E-state index in [-0.39, 0.29) is 5.41 Å². The Hall–Kier alpha value is -1.09. The van der Waals surface area contributed by atoms with Crippen molar-refractivity contribution in [3.05, 3.63) is 74.9 Å². The van der Waals surface area contributed by atoms with E-state index in [1.54, 1.807) is 5.57 Å². The molecule has 0 radical (unpaired) electrons. The quantitative estimate of drug-likeness (QED) is 0.395. The van der Waals surface area contributed by atoms with E-state index in [1.807, 2.05) is 0 Å². The Labute approximate surface area is 147 Å². The highest BCUT2D eigenvalue weighted by Gasteiger charge is 2.43. The summed E-state index contributed by atoms with van der Waals surface area (Å²) >= 11 is 2.37. The maximum atomic E-state index is 2.40. The van der Waals surface area contributed by atoms with Gasteiger partial charge in [-0.2, -0.15) is 0 Å². The molecule has 0 N–H and O–H groups in total. The first kappa shape index (κ1) is 15.8. The topological polar surface area (TPSA) is 0 Å². The summed E-state index contributed by atoms with van der Waals surface area (Å²) in [6.45, 7) is 6.89. The minimum atomic E-state index is 0.239. The van der Waals surface area contributed by atoms with E-state index in [0.29, 0.717) is 5.92 Å². The first-order valence-corrected chi connectivity index (χ1v) is 9.09. The Kier molecular flexibility index (Phi) is 4.44. The lowest BCUT2D eigenvalue weighted by Crippen LogP contribution is -2.25. The van der Waals surface area contributed by atoms with Gasteiger partial charge in [0.2, 0.25) is 0 Å². The van der Waals surface area contributed by atoms with E-state index >= 15 is 0 Å². The van der Waals surface area contributed by atoms with Crippen molar-refractivity contribution in [3.63, 3.8) is 0 Å². The fraction of sp³-hybridized carbons (Fsp3) is 0.333. The fourth-order valence-corrected chi connectivity index (χ4v) is 3.99. The molecule has 114 valence electrons. The van der Waals surface area contributed by atoms with Gasteiger partial charge in [-0.15, -0.1) is 0 Å². The fourth-order valence-electron chi connectivity index (χ4n) is 3.74. The Morgan fingerprint density at radius 2 is 2.05 bits per heavy atom. The monoisotopic (exact) mass is 402 g/mol. The normalized spacial score (nSPS) is 23.1. The molecule has 0 aliphatic heterocycles. The summed E-state index contributed by atoms with van der Waals surface area (Å²) < 4.78 is 1.30. The average molecular weight is 402 g/mol. The van der Waals surface area contributed by atoms with Crippen molar-refractivity contribution in [1.29, 1.82) is 0 Å². The van der Waals surface area contributed by atoms with Crippen molar-refractivity contribution in [2.75, 3.05) is 0 Å². The highest BCUT2D eigenvalue weighted by atomic mass is 127. The summed E-state index contributed by atoms with van der Waals surface area (Å²) in [6.07, 6.45) is 13.6. The second kappa shape index (κ2) is 6.19.